The number of aryl methyl sites for hydroxylation is 1. The van der Waals surface area contributed by atoms with Gasteiger partial charge >= 0.3 is 0 Å². The van der Waals surface area contributed by atoms with Crippen molar-refractivity contribution in [2.24, 2.45) is 5.73 Å². The number of methoxy groups -OCH3 is 2. The Kier molecular flexibility index (Phi) is 3.84. The minimum atomic E-state index is -0.233. The molecule has 0 radical (unpaired) electrons. The zero-order valence-electron chi connectivity index (χ0n) is 10.6. The van der Waals surface area contributed by atoms with Crippen LogP contribution >= 0.6 is 11.3 Å². The number of rotatable bonds is 4. The quantitative estimate of drug-likeness (QED) is 0.922. The molecule has 0 aliphatic carbocycles. The molecule has 0 fully saturated rings. The lowest BCUT2D eigenvalue weighted by molar-refractivity contribution is 0.354. The molecule has 0 spiro atoms. The number of nitrogens with zero attached hydrogens (tertiary/aromatic N) is 1. The third kappa shape index (κ3) is 2.47. The number of nitrogens with two attached hydrogens (primary N) is 1. The Balaban J connectivity index is 2.33. The van der Waals surface area contributed by atoms with Crippen LogP contribution in [0, 0.1) is 6.92 Å². The summed E-state index contributed by atoms with van der Waals surface area (Å²) >= 11 is 1.61. The fourth-order valence-corrected chi connectivity index (χ4v) is 2.51. The average molecular weight is 264 g/mol. The Morgan fingerprint density at radius 3 is 2.50 bits per heavy atom. The molecule has 2 aromatic rings. The molecular formula is C13H16N2O2S. The van der Waals surface area contributed by atoms with E-state index in [4.69, 9.17) is 15.2 Å². The Labute approximate surface area is 110 Å². The third-order valence-electron chi connectivity index (χ3n) is 2.67. The summed E-state index contributed by atoms with van der Waals surface area (Å²) in [4.78, 5) is 5.47. The fraction of sp³-hybridized carbons (Fsp3) is 0.308. The number of hydrogen-bond donors (Lipinski definition) is 1. The molecule has 1 heterocycles. The van der Waals surface area contributed by atoms with Gasteiger partial charge in [-0.05, 0) is 24.6 Å². The zero-order valence-corrected chi connectivity index (χ0v) is 11.5. The molecule has 4 nitrogen and oxygen atoms in total. The van der Waals surface area contributed by atoms with Gasteiger partial charge < -0.3 is 15.2 Å². The van der Waals surface area contributed by atoms with Crippen molar-refractivity contribution in [3.63, 3.8) is 0 Å². The third-order valence-corrected chi connectivity index (χ3v) is 3.67. The summed E-state index contributed by atoms with van der Waals surface area (Å²) in [6, 6.07) is 5.45. The molecule has 0 saturated heterocycles. The standard InChI is InChI=1S/C13H16N2O2S/c1-8-7-15-13(18-8)12(14)9-4-5-10(16-2)11(6-9)17-3/h4-7,12H,14H2,1-3H3. The van der Waals surface area contributed by atoms with Crippen molar-refractivity contribution in [3.05, 3.63) is 39.8 Å². The first-order valence-electron chi connectivity index (χ1n) is 5.55. The van der Waals surface area contributed by atoms with E-state index >= 15 is 0 Å². The monoisotopic (exact) mass is 264 g/mol. The van der Waals surface area contributed by atoms with Gasteiger partial charge in [0.15, 0.2) is 11.5 Å². The van der Waals surface area contributed by atoms with Gasteiger partial charge in [-0.25, -0.2) is 4.98 Å². The molecule has 0 amide bonds. The maximum absolute atomic E-state index is 6.20. The number of ether oxygens (including phenoxy) is 2. The highest BCUT2D eigenvalue weighted by molar-refractivity contribution is 7.11. The highest BCUT2D eigenvalue weighted by Crippen LogP contribution is 2.32. The van der Waals surface area contributed by atoms with Crippen LogP contribution in [0.3, 0.4) is 0 Å². The van der Waals surface area contributed by atoms with E-state index in [2.05, 4.69) is 4.98 Å². The second-order valence-electron chi connectivity index (χ2n) is 3.90. The van der Waals surface area contributed by atoms with Crippen LogP contribution < -0.4 is 15.2 Å². The first-order chi connectivity index (χ1) is 8.65. The molecule has 18 heavy (non-hydrogen) atoms. The summed E-state index contributed by atoms with van der Waals surface area (Å²) in [6.45, 7) is 2.02. The topological polar surface area (TPSA) is 57.4 Å². The highest BCUT2D eigenvalue weighted by atomic mass is 32.1. The number of aromatic nitrogens is 1. The van der Waals surface area contributed by atoms with Crippen molar-refractivity contribution in [2.75, 3.05) is 14.2 Å². The smallest absolute Gasteiger partial charge is 0.161 e. The lowest BCUT2D eigenvalue weighted by atomic mass is 10.1. The zero-order chi connectivity index (χ0) is 13.1. The van der Waals surface area contributed by atoms with Crippen LogP contribution in [0.15, 0.2) is 24.4 Å². The van der Waals surface area contributed by atoms with E-state index in [0.29, 0.717) is 11.5 Å². The number of hydrogen-bond acceptors (Lipinski definition) is 5. The van der Waals surface area contributed by atoms with E-state index in [1.807, 2.05) is 31.3 Å². The number of thiazole rings is 1. The molecule has 1 aromatic carbocycles. The fourth-order valence-electron chi connectivity index (χ4n) is 1.70. The molecule has 0 bridgehead atoms. The van der Waals surface area contributed by atoms with Gasteiger partial charge in [-0.15, -0.1) is 11.3 Å². The van der Waals surface area contributed by atoms with Crippen LogP contribution in [0.4, 0.5) is 0 Å². The van der Waals surface area contributed by atoms with E-state index < -0.39 is 0 Å². The van der Waals surface area contributed by atoms with Crippen molar-refractivity contribution in [3.8, 4) is 11.5 Å². The lowest BCUT2D eigenvalue weighted by Gasteiger charge is -2.13. The molecule has 1 unspecified atom stereocenters. The minimum absolute atomic E-state index is 0.233. The molecule has 96 valence electrons. The van der Waals surface area contributed by atoms with Crippen LogP contribution in [0.5, 0.6) is 11.5 Å². The summed E-state index contributed by atoms with van der Waals surface area (Å²) in [5.74, 6) is 1.38. The van der Waals surface area contributed by atoms with Crippen molar-refractivity contribution in [2.45, 2.75) is 13.0 Å². The van der Waals surface area contributed by atoms with E-state index in [1.165, 1.54) is 0 Å². The maximum Gasteiger partial charge on any atom is 0.161 e. The normalized spacial score (nSPS) is 12.2. The van der Waals surface area contributed by atoms with E-state index in [0.717, 1.165) is 15.4 Å². The van der Waals surface area contributed by atoms with Crippen molar-refractivity contribution < 1.29 is 9.47 Å². The summed E-state index contributed by atoms with van der Waals surface area (Å²) in [7, 11) is 3.22. The van der Waals surface area contributed by atoms with Gasteiger partial charge in [0.05, 0.1) is 20.3 Å². The molecule has 0 aliphatic heterocycles. The summed E-state index contributed by atoms with van der Waals surface area (Å²) in [5, 5.41) is 0.903. The minimum Gasteiger partial charge on any atom is -0.493 e. The summed E-state index contributed by atoms with van der Waals surface area (Å²) in [5.41, 5.74) is 7.16. The predicted molar refractivity (Wildman–Crippen MR) is 72.4 cm³/mol. The Hall–Kier alpha value is -1.59. The Morgan fingerprint density at radius 2 is 1.94 bits per heavy atom. The number of benzene rings is 1. The second kappa shape index (κ2) is 5.37. The van der Waals surface area contributed by atoms with Gasteiger partial charge in [0, 0.05) is 11.1 Å². The predicted octanol–water partition coefficient (Wildman–Crippen LogP) is 2.52. The second-order valence-corrected chi connectivity index (χ2v) is 5.17. The summed E-state index contributed by atoms with van der Waals surface area (Å²) < 4.78 is 10.5. The maximum atomic E-state index is 6.20. The summed E-state index contributed by atoms with van der Waals surface area (Å²) in [6.07, 6.45) is 1.83. The van der Waals surface area contributed by atoms with Gasteiger partial charge in [0.1, 0.15) is 5.01 Å². The molecule has 0 aliphatic rings. The van der Waals surface area contributed by atoms with Crippen LogP contribution in [-0.4, -0.2) is 19.2 Å². The van der Waals surface area contributed by atoms with Gasteiger partial charge in [-0.1, -0.05) is 6.07 Å². The van der Waals surface area contributed by atoms with Crippen LogP contribution in [0.1, 0.15) is 21.5 Å². The van der Waals surface area contributed by atoms with E-state index in [9.17, 15) is 0 Å². The van der Waals surface area contributed by atoms with Crippen molar-refractivity contribution in [1.82, 2.24) is 4.98 Å². The van der Waals surface area contributed by atoms with Crippen molar-refractivity contribution in [1.29, 1.82) is 0 Å². The van der Waals surface area contributed by atoms with Gasteiger partial charge in [-0.2, -0.15) is 0 Å². The van der Waals surface area contributed by atoms with Crippen molar-refractivity contribution >= 4 is 11.3 Å². The van der Waals surface area contributed by atoms with E-state index in [-0.39, 0.29) is 6.04 Å². The van der Waals surface area contributed by atoms with Gasteiger partial charge in [0.2, 0.25) is 0 Å². The van der Waals surface area contributed by atoms with Gasteiger partial charge in [0.25, 0.3) is 0 Å². The molecule has 2 N–H and O–H groups in total. The SMILES string of the molecule is COc1ccc(C(N)c2ncc(C)s2)cc1OC. The average Bonchev–Trinajstić information content (AvgIpc) is 2.83. The molecule has 5 heteroatoms. The van der Waals surface area contributed by atoms with Crippen LogP contribution in [-0.2, 0) is 0 Å². The molecule has 1 aromatic heterocycles. The van der Waals surface area contributed by atoms with Crippen LogP contribution in [0.25, 0.3) is 0 Å². The first-order valence-corrected chi connectivity index (χ1v) is 6.37. The molecular weight excluding hydrogens is 248 g/mol. The first kappa shape index (κ1) is 12.9. The highest BCUT2D eigenvalue weighted by Gasteiger charge is 2.15. The largest absolute Gasteiger partial charge is 0.493 e. The van der Waals surface area contributed by atoms with Crippen LogP contribution in [0.2, 0.25) is 0 Å². The lowest BCUT2D eigenvalue weighted by Crippen LogP contribution is -2.11. The molecule has 2 rings (SSSR count). The Bertz CT molecular complexity index is 540. The Morgan fingerprint density at radius 1 is 1.22 bits per heavy atom. The van der Waals surface area contributed by atoms with Gasteiger partial charge in [-0.3, -0.25) is 0 Å². The van der Waals surface area contributed by atoms with E-state index in [1.54, 1.807) is 25.6 Å². The molecule has 0 saturated carbocycles. The molecule has 1 atom stereocenters.